The van der Waals surface area contributed by atoms with Crippen molar-refractivity contribution in [2.24, 2.45) is 11.8 Å². The number of aliphatic hydroxyl groups is 1. The van der Waals surface area contributed by atoms with E-state index in [1.807, 2.05) is 37.3 Å². The predicted molar refractivity (Wildman–Crippen MR) is 144 cm³/mol. The van der Waals surface area contributed by atoms with Gasteiger partial charge in [0.25, 0.3) is 0 Å². The minimum Gasteiger partial charge on any atom is -0.396 e. The Hall–Kier alpha value is -2.45. The van der Waals surface area contributed by atoms with Gasteiger partial charge in [0.2, 0.25) is 17.7 Å². The zero-order valence-electron chi connectivity index (χ0n) is 22.6. The summed E-state index contributed by atoms with van der Waals surface area (Å²) >= 11 is 0. The Morgan fingerprint density at radius 1 is 1.03 bits per heavy atom. The number of aliphatic hydroxyl groups excluding tert-OH is 1. The average molecular weight is 526 g/mol. The van der Waals surface area contributed by atoms with E-state index in [-0.39, 0.29) is 30.4 Å². The second-order valence-corrected chi connectivity index (χ2v) is 11.7. The molecule has 1 aromatic rings. The van der Waals surface area contributed by atoms with E-state index in [0.717, 1.165) is 51.4 Å². The van der Waals surface area contributed by atoms with Gasteiger partial charge in [0.1, 0.15) is 11.6 Å². The van der Waals surface area contributed by atoms with E-state index in [0.29, 0.717) is 31.5 Å². The van der Waals surface area contributed by atoms with E-state index >= 15 is 0 Å². The number of fused-ring (bicyclic) bond motifs is 1. The number of hydrogen-bond acceptors (Lipinski definition) is 5. The van der Waals surface area contributed by atoms with Crippen LogP contribution in [0.25, 0.3) is 0 Å². The molecule has 0 radical (unpaired) electrons. The third kappa shape index (κ3) is 4.75. The minimum atomic E-state index is -0.977. The van der Waals surface area contributed by atoms with Gasteiger partial charge < -0.3 is 25.4 Å². The Balaban J connectivity index is 1.44. The van der Waals surface area contributed by atoms with E-state index in [4.69, 9.17) is 9.84 Å². The van der Waals surface area contributed by atoms with Crippen molar-refractivity contribution in [1.82, 2.24) is 10.2 Å². The molecule has 3 N–H and O–H groups in total. The number of benzene rings is 1. The zero-order chi connectivity index (χ0) is 26.8. The van der Waals surface area contributed by atoms with E-state index in [9.17, 15) is 14.4 Å². The summed E-state index contributed by atoms with van der Waals surface area (Å²) in [6, 6.07) is 8.73. The number of amides is 3. The van der Waals surface area contributed by atoms with E-state index < -0.39 is 29.1 Å². The molecular weight excluding hydrogens is 482 g/mol. The van der Waals surface area contributed by atoms with Gasteiger partial charge in [0.05, 0.1) is 17.4 Å². The highest BCUT2D eigenvalue weighted by molar-refractivity contribution is 6.02. The fourth-order valence-electron chi connectivity index (χ4n) is 7.67. The van der Waals surface area contributed by atoms with Crippen molar-refractivity contribution in [2.75, 3.05) is 18.5 Å². The van der Waals surface area contributed by atoms with Gasteiger partial charge in [-0.3, -0.25) is 14.4 Å². The molecule has 38 heavy (non-hydrogen) atoms. The number of nitrogens with one attached hydrogen (secondary N) is 2. The molecule has 3 aliphatic heterocycles. The summed E-state index contributed by atoms with van der Waals surface area (Å²) in [5, 5.41) is 15.4. The van der Waals surface area contributed by atoms with Crippen LogP contribution in [0, 0.1) is 11.8 Å². The Kier molecular flexibility index (Phi) is 8.10. The van der Waals surface area contributed by atoms with Gasteiger partial charge >= 0.3 is 0 Å². The Morgan fingerprint density at radius 2 is 1.76 bits per heavy atom. The molecular formula is C30H43N3O5. The largest absolute Gasteiger partial charge is 0.396 e. The molecule has 1 spiro atoms. The predicted octanol–water partition coefficient (Wildman–Crippen LogP) is 3.78. The second-order valence-electron chi connectivity index (χ2n) is 11.7. The Morgan fingerprint density at radius 3 is 2.47 bits per heavy atom. The van der Waals surface area contributed by atoms with Crippen LogP contribution in [0.2, 0.25) is 0 Å². The zero-order valence-corrected chi connectivity index (χ0v) is 22.6. The molecule has 3 heterocycles. The van der Waals surface area contributed by atoms with Crippen molar-refractivity contribution in [1.29, 1.82) is 0 Å². The number of para-hydroxylation sites is 1. The van der Waals surface area contributed by atoms with Crippen molar-refractivity contribution in [3.05, 3.63) is 30.3 Å². The maximum atomic E-state index is 14.2. The molecule has 1 aliphatic carbocycles. The number of carbonyl (C=O) groups excluding carboxylic acids is 3. The lowest BCUT2D eigenvalue weighted by Crippen LogP contribution is -2.57. The summed E-state index contributed by atoms with van der Waals surface area (Å²) < 4.78 is 6.84. The molecule has 8 nitrogen and oxygen atoms in total. The van der Waals surface area contributed by atoms with Crippen LogP contribution in [0.3, 0.4) is 0 Å². The highest BCUT2D eigenvalue weighted by atomic mass is 16.5. The van der Waals surface area contributed by atoms with Crippen molar-refractivity contribution in [2.45, 2.75) is 107 Å². The van der Waals surface area contributed by atoms with Crippen molar-refractivity contribution in [3.8, 4) is 0 Å². The summed E-state index contributed by atoms with van der Waals surface area (Å²) in [5.74, 6) is -1.76. The lowest BCUT2D eigenvalue weighted by molar-refractivity contribution is -0.147. The number of anilines is 1. The first kappa shape index (κ1) is 27.1. The molecule has 5 atom stereocenters. The fourth-order valence-corrected chi connectivity index (χ4v) is 7.67. The van der Waals surface area contributed by atoms with Gasteiger partial charge in [0, 0.05) is 24.9 Å². The molecule has 0 aromatic heterocycles. The van der Waals surface area contributed by atoms with Crippen molar-refractivity contribution >= 4 is 23.4 Å². The normalized spacial score (nSPS) is 32.4. The number of ether oxygens (including phenoxy) is 1. The summed E-state index contributed by atoms with van der Waals surface area (Å²) in [4.78, 5) is 43.7. The van der Waals surface area contributed by atoms with Gasteiger partial charge in [0.15, 0.2) is 0 Å². The maximum Gasteiger partial charge on any atom is 0.246 e. The molecule has 2 bridgehead atoms. The minimum absolute atomic E-state index is 0.126. The summed E-state index contributed by atoms with van der Waals surface area (Å²) in [5.41, 5.74) is -1.02. The third-order valence-electron chi connectivity index (χ3n) is 9.51. The third-order valence-corrected chi connectivity index (χ3v) is 9.51. The fraction of sp³-hybridized carbons (Fsp3) is 0.700. The van der Waals surface area contributed by atoms with Crippen LogP contribution >= 0.6 is 0 Å². The number of hydrogen-bond donors (Lipinski definition) is 3. The molecule has 5 rings (SSSR count). The van der Waals surface area contributed by atoms with E-state index in [2.05, 4.69) is 10.6 Å². The molecule has 3 saturated heterocycles. The monoisotopic (exact) mass is 525 g/mol. The molecule has 3 amide bonds. The van der Waals surface area contributed by atoms with Crippen LogP contribution in [-0.2, 0) is 19.1 Å². The SMILES string of the molecule is CC[C@@]12CCC3(O1)C(C(=O)NC1CCCCC1)N(CCCCCCO)C(=O)[C@@H]3[C@@H]2C(=O)Nc1ccccc1. The van der Waals surface area contributed by atoms with Gasteiger partial charge in [-0.25, -0.2) is 0 Å². The standard InChI is InChI=1S/C30H43N3O5/c1-2-29-17-18-30(38-29)24(23(29)26(35)31-21-13-7-5-8-14-21)28(37)33(19-11-3-4-12-20-34)25(30)27(36)32-22-15-9-6-10-16-22/h5,7-8,13-14,22-25,34H,2-4,6,9-12,15-20H2,1H3,(H,31,35)(H,32,36)/t23-,24+,25?,29+,30?/m1/s1. The highest BCUT2D eigenvalue weighted by Crippen LogP contribution is 2.64. The van der Waals surface area contributed by atoms with Crippen molar-refractivity contribution < 1.29 is 24.2 Å². The molecule has 8 heteroatoms. The topological polar surface area (TPSA) is 108 Å². The lowest BCUT2D eigenvalue weighted by Gasteiger charge is -2.35. The first-order valence-corrected chi connectivity index (χ1v) is 14.7. The highest BCUT2D eigenvalue weighted by Gasteiger charge is 2.78. The van der Waals surface area contributed by atoms with Gasteiger partial charge in [-0.05, 0) is 57.1 Å². The second kappa shape index (κ2) is 11.3. The molecule has 2 unspecified atom stereocenters. The number of rotatable bonds is 11. The number of unbranched alkanes of at least 4 members (excludes halogenated alkanes) is 3. The molecule has 208 valence electrons. The summed E-state index contributed by atoms with van der Waals surface area (Å²) in [6.45, 7) is 2.63. The molecule has 1 saturated carbocycles. The van der Waals surface area contributed by atoms with Crippen molar-refractivity contribution in [3.63, 3.8) is 0 Å². The van der Waals surface area contributed by atoms with E-state index in [1.165, 1.54) is 6.42 Å². The summed E-state index contributed by atoms with van der Waals surface area (Å²) in [7, 11) is 0. The number of nitrogens with zero attached hydrogens (tertiary/aromatic N) is 1. The van der Waals surface area contributed by atoms with Gasteiger partial charge in [-0.1, -0.05) is 57.2 Å². The molecule has 4 fully saturated rings. The Bertz CT molecular complexity index is 1010. The lowest BCUT2D eigenvalue weighted by atomic mass is 9.65. The van der Waals surface area contributed by atoms with Crippen LogP contribution in [-0.4, -0.2) is 64.2 Å². The van der Waals surface area contributed by atoms with Crippen LogP contribution in [0.4, 0.5) is 5.69 Å². The first-order valence-electron chi connectivity index (χ1n) is 14.7. The molecule has 1 aromatic carbocycles. The first-order chi connectivity index (χ1) is 18.5. The smallest absolute Gasteiger partial charge is 0.246 e. The quantitative estimate of drug-likeness (QED) is 0.381. The van der Waals surface area contributed by atoms with Crippen LogP contribution < -0.4 is 10.6 Å². The van der Waals surface area contributed by atoms with Gasteiger partial charge in [-0.15, -0.1) is 0 Å². The van der Waals surface area contributed by atoms with Crippen LogP contribution in [0.15, 0.2) is 30.3 Å². The number of likely N-dealkylation sites (tertiary alicyclic amines) is 1. The molecule has 4 aliphatic rings. The van der Waals surface area contributed by atoms with Crippen LogP contribution in [0.5, 0.6) is 0 Å². The summed E-state index contributed by atoms with van der Waals surface area (Å²) in [6.07, 6.45) is 10.5. The van der Waals surface area contributed by atoms with E-state index in [1.54, 1.807) is 4.90 Å². The van der Waals surface area contributed by atoms with Gasteiger partial charge in [-0.2, -0.15) is 0 Å². The Labute approximate surface area is 225 Å². The van der Waals surface area contributed by atoms with Crippen LogP contribution in [0.1, 0.15) is 84.0 Å². The number of carbonyl (C=O) groups is 3. The average Bonchev–Trinajstić information content (AvgIpc) is 3.53. The maximum absolute atomic E-state index is 14.2.